The predicted octanol–water partition coefficient (Wildman–Crippen LogP) is 4.98. The average Bonchev–Trinajstić information content (AvgIpc) is 2.61. The molecule has 0 saturated carbocycles. The van der Waals surface area contributed by atoms with Gasteiger partial charge in [-0.1, -0.05) is 38.3 Å². The monoisotopic (exact) mass is 339 g/mol. The Balaban J connectivity index is 1.88. The highest BCUT2D eigenvalue weighted by Gasteiger charge is 2.10. The van der Waals surface area contributed by atoms with Gasteiger partial charge in [-0.05, 0) is 55.3 Å². The van der Waals surface area contributed by atoms with Crippen LogP contribution in [0.15, 0.2) is 48.5 Å². The maximum Gasteiger partial charge on any atom is 0.338 e. The molecular weight excluding hydrogens is 314 g/mol. The van der Waals surface area contributed by atoms with E-state index < -0.39 is 0 Å². The lowest BCUT2D eigenvalue weighted by Gasteiger charge is -2.07. The molecule has 4 heteroatoms. The normalized spacial score (nSPS) is 10.3. The van der Waals surface area contributed by atoms with Crippen LogP contribution in [-0.2, 0) is 4.74 Å². The van der Waals surface area contributed by atoms with E-state index in [1.54, 1.807) is 24.3 Å². The Labute approximate surface area is 149 Å². The van der Waals surface area contributed by atoms with Crippen molar-refractivity contribution in [1.29, 1.82) is 0 Å². The van der Waals surface area contributed by atoms with Crippen molar-refractivity contribution in [2.45, 2.75) is 39.5 Å². The van der Waals surface area contributed by atoms with Crippen molar-refractivity contribution in [3.05, 3.63) is 65.2 Å². The number of hydrogen-bond donors (Lipinski definition) is 1. The predicted molar refractivity (Wildman–Crippen MR) is 100.0 cm³/mol. The molecule has 0 saturated heterocycles. The molecule has 0 heterocycles. The second-order valence-electron chi connectivity index (χ2n) is 6.10. The molecular formula is C21H25NO3. The van der Waals surface area contributed by atoms with Crippen LogP contribution in [0.3, 0.4) is 0 Å². The van der Waals surface area contributed by atoms with Gasteiger partial charge in [0.2, 0.25) is 0 Å². The fourth-order valence-corrected chi connectivity index (χ4v) is 2.46. The van der Waals surface area contributed by atoms with Crippen LogP contribution in [0.4, 0.5) is 5.69 Å². The number of carbonyl (C=O) groups excluding carboxylic acids is 2. The topological polar surface area (TPSA) is 55.4 Å². The van der Waals surface area contributed by atoms with Gasteiger partial charge < -0.3 is 10.1 Å². The first-order valence-corrected chi connectivity index (χ1v) is 8.75. The molecule has 0 spiro atoms. The van der Waals surface area contributed by atoms with Gasteiger partial charge >= 0.3 is 5.97 Å². The number of ether oxygens (including phenoxy) is 1. The summed E-state index contributed by atoms with van der Waals surface area (Å²) in [4.78, 5) is 24.2. The van der Waals surface area contributed by atoms with E-state index >= 15 is 0 Å². The van der Waals surface area contributed by atoms with Gasteiger partial charge in [-0.25, -0.2) is 4.79 Å². The molecule has 0 aliphatic heterocycles. The molecule has 2 rings (SSSR count). The van der Waals surface area contributed by atoms with E-state index in [0.717, 1.165) is 36.9 Å². The van der Waals surface area contributed by atoms with Crippen LogP contribution in [0.2, 0.25) is 0 Å². The molecule has 25 heavy (non-hydrogen) atoms. The molecule has 2 aromatic rings. The minimum absolute atomic E-state index is 0.204. The zero-order chi connectivity index (χ0) is 18.1. The number of amides is 1. The number of esters is 1. The van der Waals surface area contributed by atoms with Gasteiger partial charge in [-0.2, -0.15) is 0 Å². The number of benzene rings is 2. The van der Waals surface area contributed by atoms with Gasteiger partial charge in [0.05, 0.1) is 12.2 Å². The van der Waals surface area contributed by atoms with Gasteiger partial charge in [0.25, 0.3) is 5.91 Å². The third-order valence-corrected chi connectivity index (χ3v) is 3.89. The third kappa shape index (κ3) is 6.07. The first-order chi connectivity index (χ1) is 12.1. The Hall–Kier alpha value is -2.62. The van der Waals surface area contributed by atoms with Crippen LogP contribution < -0.4 is 5.32 Å². The average molecular weight is 339 g/mol. The summed E-state index contributed by atoms with van der Waals surface area (Å²) in [7, 11) is 0. The van der Waals surface area contributed by atoms with Crippen molar-refractivity contribution < 1.29 is 14.3 Å². The molecule has 0 fully saturated rings. The molecule has 2 aromatic carbocycles. The highest BCUT2D eigenvalue weighted by Crippen LogP contribution is 2.13. The quantitative estimate of drug-likeness (QED) is 0.545. The van der Waals surface area contributed by atoms with Crippen LogP contribution in [0, 0.1) is 6.92 Å². The summed E-state index contributed by atoms with van der Waals surface area (Å²) < 4.78 is 5.24. The fraction of sp³-hybridized carbons (Fsp3) is 0.333. The largest absolute Gasteiger partial charge is 0.462 e. The maximum atomic E-state index is 12.3. The molecule has 4 nitrogen and oxygen atoms in total. The summed E-state index contributed by atoms with van der Waals surface area (Å²) >= 11 is 0. The Kier molecular flexibility index (Phi) is 7.20. The Morgan fingerprint density at radius 2 is 1.68 bits per heavy atom. The van der Waals surface area contributed by atoms with Gasteiger partial charge in [0.1, 0.15) is 0 Å². The lowest BCUT2D eigenvalue weighted by atomic mass is 10.1. The summed E-state index contributed by atoms with van der Waals surface area (Å²) in [6, 6.07) is 14.1. The summed E-state index contributed by atoms with van der Waals surface area (Å²) in [5.74, 6) is -0.549. The number of nitrogens with one attached hydrogen (secondary N) is 1. The van der Waals surface area contributed by atoms with Crippen LogP contribution >= 0.6 is 0 Å². The molecule has 0 unspecified atom stereocenters. The molecule has 0 aliphatic carbocycles. The number of unbranched alkanes of at least 4 members (excludes halogenated alkanes) is 3. The fourth-order valence-electron chi connectivity index (χ4n) is 2.46. The van der Waals surface area contributed by atoms with Gasteiger partial charge in [-0.15, -0.1) is 0 Å². The van der Waals surface area contributed by atoms with Crippen molar-refractivity contribution in [3.8, 4) is 0 Å². The minimum atomic E-state index is -0.345. The summed E-state index contributed by atoms with van der Waals surface area (Å²) in [5, 5.41) is 2.85. The lowest BCUT2D eigenvalue weighted by molar-refractivity contribution is 0.0497. The molecule has 0 aromatic heterocycles. The number of aryl methyl sites for hydroxylation is 1. The Morgan fingerprint density at radius 1 is 0.960 bits per heavy atom. The summed E-state index contributed by atoms with van der Waals surface area (Å²) in [6.07, 6.45) is 4.26. The molecule has 0 radical (unpaired) electrons. The molecule has 1 N–H and O–H groups in total. The van der Waals surface area contributed by atoms with Crippen LogP contribution in [0.5, 0.6) is 0 Å². The lowest BCUT2D eigenvalue weighted by Crippen LogP contribution is -2.12. The van der Waals surface area contributed by atoms with E-state index in [9.17, 15) is 9.59 Å². The van der Waals surface area contributed by atoms with Crippen molar-refractivity contribution in [1.82, 2.24) is 0 Å². The van der Waals surface area contributed by atoms with E-state index in [1.807, 2.05) is 31.2 Å². The standard InChI is InChI=1S/C21H25NO3/c1-3-4-5-6-14-25-21(24)18-12-10-17(11-13-18)20(23)22-19-9-7-8-16(2)15-19/h7-13,15H,3-6,14H2,1-2H3,(H,22,23). The smallest absolute Gasteiger partial charge is 0.338 e. The highest BCUT2D eigenvalue weighted by molar-refractivity contribution is 6.04. The van der Waals surface area contributed by atoms with Gasteiger partial charge in [0, 0.05) is 11.3 Å². The van der Waals surface area contributed by atoms with Gasteiger partial charge in [-0.3, -0.25) is 4.79 Å². The van der Waals surface area contributed by atoms with Crippen LogP contribution in [0.1, 0.15) is 58.9 Å². The second-order valence-corrected chi connectivity index (χ2v) is 6.10. The maximum absolute atomic E-state index is 12.3. The minimum Gasteiger partial charge on any atom is -0.462 e. The number of hydrogen-bond acceptors (Lipinski definition) is 3. The van der Waals surface area contributed by atoms with E-state index in [0.29, 0.717) is 17.7 Å². The van der Waals surface area contributed by atoms with Crippen LogP contribution in [-0.4, -0.2) is 18.5 Å². The van der Waals surface area contributed by atoms with E-state index in [4.69, 9.17) is 4.74 Å². The molecule has 132 valence electrons. The van der Waals surface area contributed by atoms with E-state index in [2.05, 4.69) is 12.2 Å². The highest BCUT2D eigenvalue weighted by atomic mass is 16.5. The third-order valence-electron chi connectivity index (χ3n) is 3.89. The zero-order valence-corrected chi connectivity index (χ0v) is 14.9. The van der Waals surface area contributed by atoms with Crippen molar-refractivity contribution in [2.24, 2.45) is 0 Å². The number of carbonyl (C=O) groups is 2. The van der Waals surface area contributed by atoms with E-state index in [1.165, 1.54) is 0 Å². The Morgan fingerprint density at radius 3 is 2.36 bits per heavy atom. The van der Waals surface area contributed by atoms with Crippen LogP contribution in [0.25, 0.3) is 0 Å². The molecule has 0 bridgehead atoms. The molecule has 0 atom stereocenters. The first kappa shape index (κ1) is 18.7. The zero-order valence-electron chi connectivity index (χ0n) is 14.9. The number of rotatable bonds is 8. The summed E-state index contributed by atoms with van der Waals surface area (Å²) in [5.41, 5.74) is 2.79. The SMILES string of the molecule is CCCCCCOC(=O)c1ccc(C(=O)Nc2cccc(C)c2)cc1. The van der Waals surface area contributed by atoms with E-state index in [-0.39, 0.29) is 11.9 Å². The van der Waals surface area contributed by atoms with Crippen molar-refractivity contribution in [3.63, 3.8) is 0 Å². The molecule has 1 amide bonds. The second kappa shape index (κ2) is 9.62. The summed E-state index contributed by atoms with van der Waals surface area (Å²) in [6.45, 7) is 4.55. The van der Waals surface area contributed by atoms with Crippen molar-refractivity contribution >= 4 is 17.6 Å². The first-order valence-electron chi connectivity index (χ1n) is 8.75. The Bertz CT molecular complexity index is 707. The molecule has 0 aliphatic rings. The number of anilines is 1. The van der Waals surface area contributed by atoms with Gasteiger partial charge in [0.15, 0.2) is 0 Å². The van der Waals surface area contributed by atoms with Crippen molar-refractivity contribution in [2.75, 3.05) is 11.9 Å².